The predicted molar refractivity (Wildman–Crippen MR) is 99.7 cm³/mol. The zero-order chi connectivity index (χ0) is 18.2. The summed E-state index contributed by atoms with van der Waals surface area (Å²) in [6, 6.07) is 9.83. The topological polar surface area (TPSA) is 56.5 Å². The fraction of sp³-hybridized carbons (Fsp3) is 0.176. The van der Waals surface area contributed by atoms with E-state index in [1.165, 1.54) is 13.2 Å². The average molecular weight is 383 g/mol. The summed E-state index contributed by atoms with van der Waals surface area (Å²) in [5.74, 6) is 0.587. The van der Waals surface area contributed by atoms with Crippen molar-refractivity contribution in [1.29, 1.82) is 0 Å². The van der Waals surface area contributed by atoms with Crippen molar-refractivity contribution >= 4 is 35.1 Å². The Hall–Kier alpha value is -2.38. The van der Waals surface area contributed by atoms with Gasteiger partial charge in [-0.15, -0.1) is 10.5 Å². The summed E-state index contributed by atoms with van der Waals surface area (Å²) >= 11 is 11.0. The molecular formula is C17H18ClFN3O2S+. The summed E-state index contributed by atoms with van der Waals surface area (Å²) in [4.78, 5) is 0. The summed E-state index contributed by atoms with van der Waals surface area (Å²) in [7, 11) is 3.25. The fourth-order valence-corrected chi connectivity index (χ4v) is 2.24. The van der Waals surface area contributed by atoms with Crippen LogP contribution in [0.1, 0.15) is 11.1 Å². The highest BCUT2D eigenvalue weighted by molar-refractivity contribution is 7.80. The van der Waals surface area contributed by atoms with Gasteiger partial charge < -0.3 is 14.8 Å². The van der Waals surface area contributed by atoms with Crippen molar-refractivity contribution in [3.05, 3.63) is 58.4 Å². The SMILES string of the molecule is CNC(=S)N[NH+]=Cc1ccc(OCc2c(F)cccc2Cl)c(OC)c1. The predicted octanol–water partition coefficient (Wildman–Crippen LogP) is 1.58. The molecule has 0 saturated carbocycles. The lowest BCUT2D eigenvalue weighted by Crippen LogP contribution is -2.82. The average Bonchev–Trinajstić information content (AvgIpc) is 2.61. The Kier molecular flexibility index (Phi) is 6.97. The third-order valence-corrected chi connectivity index (χ3v) is 3.93. The van der Waals surface area contributed by atoms with Gasteiger partial charge in [-0.25, -0.2) is 4.39 Å². The minimum atomic E-state index is -0.410. The zero-order valence-electron chi connectivity index (χ0n) is 13.7. The van der Waals surface area contributed by atoms with E-state index >= 15 is 0 Å². The fourth-order valence-electron chi connectivity index (χ4n) is 1.96. The lowest BCUT2D eigenvalue weighted by Gasteiger charge is -2.12. The normalized spacial score (nSPS) is 10.6. The van der Waals surface area contributed by atoms with Crippen molar-refractivity contribution in [2.45, 2.75) is 6.61 Å². The summed E-state index contributed by atoms with van der Waals surface area (Å²) in [6.45, 7) is 0.00116. The van der Waals surface area contributed by atoms with Gasteiger partial charge in [0.25, 0.3) is 0 Å². The molecule has 5 nitrogen and oxygen atoms in total. The van der Waals surface area contributed by atoms with E-state index in [0.29, 0.717) is 27.2 Å². The molecule has 0 heterocycles. The van der Waals surface area contributed by atoms with E-state index < -0.39 is 5.82 Å². The quantitative estimate of drug-likeness (QED) is 0.402. The number of thiocarbonyl (C=S) groups is 1. The van der Waals surface area contributed by atoms with Crippen LogP contribution in [0.3, 0.4) is 0 Å². The van der Waals surface area contributed by atoms with E-state index in [2.05, 4.69) is 15.8 Å². The maximum atomic E-state index is 13.8. The van der Waals surface area contributed by atoms with Gasteiger partial charge in [0.15, 0.2) is 17.7 Å². The maximum Gasteiger partial charge on any atom is 0.223 e. The maximum absolute atomic E-state index is 13.8. The lowest BCUT2D eigenvalue weighted by molar-refractivity contribution is -0.500. The highest BCUT2D eigenvalue weighted by Crippen LogP contribution is 2.29. The lowest BCUT2D eigenvalue weighted by atomic mass is 10.2. The molecule has 0 fully saturated rings. The first kappa shape index (κ1) is 19.0. The Bertz CT molecular complexity index is 766. The summed E-state index contributed by atoms with van der Waals surface area (Å²) < 4.78 is 24.8. The van der Waals surface area contributed by atoms with Crippen LogP contribution in [0.4, 0.5) is 4.39 Å². The van der Waals surface area contributed by atoms with Gasteiger partial charge in [0.05, 0.1) is 12.1 Å². The second kappa shape index (κ2) is 9.19. The second-order valence-corrected chi connectivity index (χ2v) is 5.71. The molecule has 0 bridgehead atoms. The molecule has 8 heteroatoms. The molecule has 0 radical (unpaired) electrons. The number of halogens is 2. The van der Waals surface area contributed by atoms with Gasteiger partial charge in [-0.3, -0.25) is 0 Å². The third kappa shape index (κ3) is 5.30. The van der Waals surface area contributed by atoms with E-state index in [1.807, 2.05) is 6.07 Å². The van der Waals surface area contributed by atoms with Gasteiger partial charge in [-0.1, -0.05) is 17.7 Å². The molecular weight excluding hydrogens is 365 g/mol. The molecule has 25 heavy (non-hydrogen) atoms. The number of benzene rings is 2. The number of hydrazone groups is 1. The Morgan fingerprint density at radius 3 is 2.80 bits per heavy atom. The molecule has 2 aromatic carbocycles. The van der Waals surface area contributed by atoms with Gasteiger partial charge in [-0.2, -0.15) is 0 Å². The van der Waals surface area contributed by atoms with Crippen LogP contribution in [0.5, 0.6) is 11.5 Å². The number of hydrogen-bond acceptors (Lipinski definition) is 3. The standard InChI is InChI=1S/C17H17ClFN3O2S/c1-20-17(25)22-21-9-11-6-7-15(16(8-11)23-2)24-10-12-13(18)4-3-5-14(12)19/h3-9H,10H2,1-2H3,(H2,20,22,25)/p+1. The van der Waals surface area contributed by atoms with Gasteiger partial charge in [0, 0.05) is 18.2 Å². The second-order valence-electron chi connectivity index (χ2n) is 4.89. The Morgan fingerprint density at radius 1 is 1.32 bits per heavy atom. The van der Waals surface area contributed by atoms with Gasteiger partial charge in [-0.05, 0) is 42.5 Å². The smallest absolute Gasteiger partial charge is 0.223 e. The zero-order valence-corrected chi connectivity index (χ0v) is 15.3. The van der Waals surface area contributed by atoms with Crippen molar-refractivity contribution in [1.82, 2.24) is 10.7 Å². The minimum absolute atomic E-state index is 0.00116. The molecule has 3 N–H and O–H groups in total. The highest BCUT2D eigenvalue weighted by Gasteiger charge is 2.11. The van der Waals surface area contributed by atoms with Crippen LogP contribution in [0, 0.1) is 5.82 Å². The van der Waals surface area contributed by atoms with Crippen LogP contribution in [-0.2, 0) is 6.61 Å². The number of hydrogen-bond donors (Lipinski definition) is 3. The number of hydrazine groups is 1. The van der Waals surface area contributed by atoms with Crippen molar-refractivity contribution < 1.29 is 19.0 Å². The first-order chi connectivity index (χ1) is 12.0. The molecule has 0 amide bonds. The molecule has 0 aliphatic carbocycles. The number of nitrogens with one attached hydrogen (secondary N) is 3. The highest BCUT2D eigenvalue weighted by atomic mass is 35.5. The van der Waals surface area contributed by atoms with Gasteiger partial charge >= 0.3 is 0 Å². The summed E-state index contributed by atoms with van der Waals surface area (Å²) in [6.07, 6.45) is 1.71. The van der Waals surface area contributed by atoms with Crippen LogP contribution in [0.25, 0.3) is 0 Å². The number of methoxy groups -OCH3 is 1. The Balaban J connectivity index is 2.10. The van der Waals surface area contributed by atoms with Crippen LogP contribution in [0.15, 0.2) is 36.4 Å². The van der Waals surface area contributed by atoms with E-state index in [4.69, 9.17) is 33.3 Å². The molecule has 0 saturated heterocycles. The molecule has 0 unspecified atom stereocenters. The molecule has 0 spiro atoms. The van der Waals surface area contributed by atoms with Crippen LogP contribution >= 0.6 is 23.8 Å². The number of ether oxygens (including phenoxy) is 2. The summed E-state index contributed by atoms with van der Waals surface area (Å²) in [5.41, 5.74) is 3.91. The Morgan fingerprint density at radius 2 is 2.12 bits per heavy atom. The first-order valence-electron chi connectivity index (χ1n) is 7.35. The van der Waals surface area contributed by atoms with Crippen molar-refractivity contribution in [3.8, 4) is 11.5 Å². The molecule has 0 aliphatic heterocycles. The molecule has 0 aromatic heterocycles. The Labute approximate surface area is 155 Å². The van der Waals surface area contributed by atoms with E-state index in [1.54, 1.807) is 37.5 Å². The van der Waals surface area contributed by atoms with E-state index in [9.17, 15) is 4.39 Å². The number of rotatable bonds is 6. The third-order valence-electron chi connectivity index (χ3n) is 3.27. The molecule has 132 valence electrons. The van der Waals surface area contributed by atoms with Gasteiger partial charge in [0.2, 0.25) is 5.11 Å². The van der Waals surface area contributed by atoms with E-state index in [0.717, 1.165) is 5.56 Å². The van der Waals surface area contributed by atoms with E-state index in [-0.39, 0.29) is 6.61 Å². The van der Waals surface area contributed by atoms with Crippen molar-refractivity contribution in [3.63, 3.8) is 0 Å². The minimum Gasteiger partial charge on any atom is -0.493 e. The molecule has 0 aliphatic rings. The van der Waals surface area contributed by atoms with Crippen LogP contribution in [0.2, 0.25) is 5.02 Å². The van der Waals surface area contributed by atoms with Crippen LogP contribution in [-0.4, -0.2) is 25.5 Å². The van der Waals surface area contributed by atoms with Crippen molar-refractivity contribution in [2.75, 3.05) is 14.2 Å². The summed E-state index contributed by atoms with van der Waals surface area (Å²) in [5, 5.41) is 6.41. The van der Waals surface area contributed by atoms with Crippen molar-refractivity contribution in [2.24, 2.45) is 0 Å². The largest absolute Gasteiger partial charge is 0.493 e. The molecule has 2 rings (SSSR count). The first-order valence-corrected chi connectivity index (χ1v) is 8.14. The van der Waals surface area contributed by atoms with Crippen LogP contribution < -0.4 is 25.3 Å². The monoisotopic (exact) mass is 382 g/mol. The molecule has 2 aromatic rings. The van der Waals surface area contributed by atoms with Gasteiger partial charge in [0.1, 0.15) is 12.4 Å². The molecule has 0 atom stereocenters.